The van der Waals surface area contributed by atoms with Crippen molar-refractivity contribution in [3.8, 4) is 5.69 Å². The van der Waals surface area contributed by atoms with Crippen molar-refractivity contribution in [3.05, 3.63) is 63.9 Å². The molecule has 148 valence electrons. The molecule has 0 unspecified atom stereocenters. The van der Waals surface area contributed by atoms with Crippen LogP contribution in [0.15, 0.2) is 52.4 Å². The molecule has 29 heavy (non-hydrogen) atoms. The van der Waals surface area contributed by atoms with E-state index < -0.39 is 0 Å². The van der Waals surface area contributed by atoms with E-state index in [4.69, 9.17) is 0 Å². The van der Waals surface area contributed by atoms with Gasteiger partial charge in [-0.25, -0.2) is 9.78 Å². The third-order valence-corrected chi connectivity index (χ3v) is 5.81. The molecule has 3 amide bonds. The number of fused-ring (bicyclic) bond motifs is 1. The lowest BCUT2D eigenvalue weighted by atomic mass is 10.1. The summed E-state index contributed by atoms with van der Waals surface area (Å²) in [6.07, 6.45) is 0. The summed E-state index contributed by atoms with van der Waals surface area (Å²) in [6, 6.07) is 12.6. The molecule has 0 aliphatic carbocycles. The quantitative estimate of drug-likeness (QED) is 0.530. The maximum absolute atomic E-state index is 13.4. The van der Waals surface area contributed by atoms with E-state index in [-0.39, 0.29) is 23.3 Å². The maximum atomic E-state index is 13.4. The lowest BCUT2D eigenvalue weighted by molar-refractivity contribution is -0.124. The zero-order chi connectivity index (χ0) is 20.5. The Labute approximate surface area is 171 Å². The van der Waals surface area contributed by atoms with Gasteiger partial charge in [0.2, 0.25) is 5.91 Å². The van der Waals surface area contributed by atoms with Crippen LogP contribution in [0.4, 0.5) is 4.79 Å². The number of carbonyl (C=O) groups is 2. The first-order valence-corrected chi connectivity index (χ1v) is 10.3. The van der Waals surface area contributed by atoms with Crippen molar-refractivity contribution in [2.75, 3.05) is 18.8 Å². The molecule has 2 heterocycles. The Morgan fingerprint density at radius 1 is 1.10 bits per heavy atom. The van der Waals surface area contributed by atoms with E-state index in [2.05, 4.69) is 10.3 Å². The molecule has 0 bridgehead atoms. The predicted molar refractivity (Wildman–Crippen MR) is 113 cm³/mol. The third kappa shape index (κ3) is 3.51. The van der Waals surface area contributed by atoms with Crippen molar-refractivity contribution < 1.29 is 9.59 Å². The molecule has 1 aromatic heterocycles. The number of hydrogen-bond donors (Lipinski definition) is 1. The predicted octanol–water partition coefficient (Wildman–Crippen LogP) is 2.65. The largest absolute Gasteiger partial charge is 0.336 e. The van der Waals surface area contributed by atoms with Gasteiger partial charge in [0.05, 0.1) is 22.3 Å². The lowest BCUT2D eigenvalue weighted by Gasteiger charge is -2.18. The van der Waals surface area contributed by atoms with Gasteiger partial charge in [-0.1, -0.05) is 42.1 Å². The highest BCUT2D eigenvalue weighted by Gasteiger charge is 2.26. The fourth-order valence-electron chi connectivity index (χ4n) is 3.48. The van der Waals surface area contributed by atoms with E-state index in [0.29, 0.717) is 29.1 Å². The smallest absolute Gasteiger partial charge is 0.324 e. The van der Waals surface area contributed by atoms with Gasteiger partial charge in [-0.3, -0.25) is 19.1 Å². The molecule has 0 spiro atoms. The molecule has 0 atom stereocenters. The zero-order valence-electron chi connectivity index (χ0n) is 16.1. The highest BCUT2D eigenvalue weighted by molar-refractivity contribution is 7.99. The molecule has 1 fully saturated rings. The minimum Gasteiger partial charge on any atom is -0.336 e. The van der Waals surface area contributed by atoms with E-state index in [0.717, 1.165) is 16.8 Å². The molecule has 2 aromatic carbocycles. The van der Waals surface area contributed by atoms with E-state index in [9.17, 15) is 14.4 Å². The average Bonchev–Trinajstić information content (AvgIpc) is 3.14. The van der Waals surface area contributed by atoms with Gasteiger partial charge in [0.15, 0.2) is 5.16 Å². The second-order valence-corrected chi connectivity index (χ2v) is 7.80. The van der Waals surface area contributed by atoms with Crippen molar-refractivity contribution >= 4 is 34.6 Å². The molecule has 4 rings (SSSR count). The number of aryl methyl sites for hydroxylation is 2. The lowest BCUT2D eigenvalue weighted by Crippen LogP contribution is -2.35. The van der Waals surface area contributed by atoms with Gasteiger partial charge in [-0.2, -0.15) is 0 Å². The van der Waals surface area contributed by atoms with Gasteiger partial charge in [0.1, 0.15) is 0 Å². The summed E-state index contributed by atoms with van der Waals surface area (Å²) in [7, 11) is 0. The van der Waals surface area contributed by atoms with Gasteiger partial charge in [-0.05, 0) is 37.1 Å². The number of carbonyl (C=O) groups excluding carboxylic acids is 2. The summed E-state index contributed by atoms with van der Waals surface area (Å²) in [5.74, 6) is -0.288. The average molecular weight is 408 g/mol. The number of urea groups is 1. The monoisotopic (exact) mass is 408 g/mol. The SMILES string of the molecule is Cc1cccc(C)c1-n1c(SCC(=O)N2CCNC2=O)nc2ccccc2c1=O. The van der Waals surface area contributed by atoms with Gasteiger partial charge >= 0.3 is 6.03 Å². The van der Waals surface area contributed by atoms with Crippen LogP contribution in [-0.2, 0) is 4.79 Å². The Morgan fingerprint density at radius 3 is 2.52 bits per heavy atom. The van der Waals surface area contributed by atoms with Crippen LogP contribution in [0, 0.1) is 13.8 Å². The molecular formula is C21H20N4O3S. The summed E-state index contributed by atoms with van der Waals surface area (Å²) in [4.78, 5) is 43.5. The number of hydrogen-bond acceptors (Lipinski definition) is 5. The zero-order valence-corrected chi connectivity index (χ0v) is 17.0. The third-order valence-electron chi connectivity index (χ3n) is 4.89. The van der Waals surface area contributed by atoms with Crippen LogP contribution in [0.5, 0.6) is 0 Å². The molecule has 8 heteroatoms. The topological polar surface area (TPSA) is 84.3 Å². The van der Waals surface area contributed by atoms with Crippen molar-refractivity contribution in [2.45, 2.75) is 19.0 Å². The first-order valence-electron chi connectivity index (χ1n) is 9.27. The van der Waals surface area contributed by atoms with Gasteiger partial charge in [-0.15, -0.1) is 0 Å². The van der Waals surface area contributed by atoms with Crippen molar-refractivity contribution in [1.82, 2.24) is 19.8 Å². The molecule has 3 aromatic rings. The molecule has 7 nitrogen and oxygen atoms in total. The number of aromatic nitrogens is 2. The van der Waals surface area contributed by atoms with Crippen LogP contribution in [-0.4, -0.2) is 45.2 Å². The molecule has 1 N–H and O–H groups in total. The maximum Gasteiger partial charge on any atom is 0.324 e. The van der Waals surface area contributed by atoms with Gasteiger partial charge in [0.25, 0.3) is 5.56 Å². The number of amides is 3. The van der Waals surface area contributed by atoms with Crippen LogP contribution in [0.1, 0.15) is 11.1 Å². The molecular weight excluding hydrogens is 388 g/mol. The fourth-order valence-corrected chi connectivity index (χ4v) is 4.35. The first kappa shape index (κ1) is 19.2. The van der Waals surface area contributed by atoms with Crippen molar-refractivity contribution in [1.29, 1.82) is 0 Å². The summed E-state index contributed by atoms with van der Waals surface area (Å²) in [5, 5.41) is 3.57. The van der Waals surface area contributed by atoms with E-state index in [1.807, 2.05) is 44.2 Å². The number of nitrogens with one attached hydrogen (secondary N) is 1. The van der Waals surface area contributed by atoms with Crippen molar-refractivity contribution in [3.63, 3.8) is 0 Å². The minimum atomic E-state index is -0.380. The van der Waals surface area contributed by atoms with Gasteiger partial charge in [0, 0.05) is 13.1 Å². The second-order valence-electron chi connectivity index (χ2n) is 6.86. The van der Waals surface area contributed by atoms with E-state index in [1.165, 1.54) is 16.7 Å². The van der Waals surface area contributed by atoms with Crippen molar-refractivity contribution in [2.24, 2.45) is 0 Å². The van der Waals surface area contributed by atoms with E-state index >= 15 is 0 Å². The number of imide groups is 1. The fraction of sp³-hybridized carbons (Fsp3) is 0.238. The number of nitrogens with zero attached hydrogens (tertiary/aromatic N) is 3. The standard InChI is InChI=1S/C21H20N4O3S/c1-13-6-5-7-14(2)18(13)25-19(27)15-8-3-4-9-16(15)23-21(25)29-12-17(26)24-11-10-22-20(24)28/h3-9H,10-12H2,1-2H3,(H,22,28). The second kappa shape index (κ2) is 7.71. The Kier molecular flexibility index (Phi) is 5.10. The van der Waals surface area contributed by atoms with Crippen LogP contribution >= 0.6 is 11.8 Å². The highest BCUT2D eigenvalue weighted by atomic mass is 32.2. The molecule has 0 saturated carbocycles. The Bertz CT molecular complexity index is 1170. The Balaban J connectivity index is 1.81. The molecule has 1 aliphatic heterocycles. The minimum absolute atomic E-state index is 0.0170. The first-order chi connectivity index (χ1) is 14.0. The van der Waals surface area contributed by atoms with Crippen LogP contribution in [0.3, 0.4) is 0 Å². The molecule has 1 saturated heterocycles. The summed E-state index contributed by atoms with van der Waals surface area (Å²) in [5.41, 5.74) is 3.05. The number of benzene rings is 2. The Morgan fingerprint density at radius 2 is 1.83 bits per heavy atom. The molecule has 0 radical (unpaired) electrons. The molecule has 1 aliphatic rings. The summed E-state index contributed by atoms with van der Waals surface area (Å²) < 4.78 is 1.58. The highest BCUT2D eigenvalue weighted by Crippen LogP contribution is 2.25. The summed E-state index contributed by atoms with van der Waals surface area (Å²) in [6.45, 7) is 4.69. The normalized spacial score (nSPS) is 13.7. The summed E-state index contributed by atoms with van der Waals surface area (Å²) >= 11 is 1.17. The van der Waals surface area contributed by atoms with Crippen LogP contribution < -0.4 is 10.9 Å². The Hall–Kier alpha value is -3.13. The number of rotatable bonds is 4. The van der Waals surface area contributed by atoms with Gasteiger partial charge < -0.3 is 5.32 Å². The van der Waals surface area contributed by atoms with Crippen LogP contribution in [0.2, 0.25) is 0 Å². The number of para-hydroxylation sites is 2. The number of thioether (sulfide) groups is 1. The van der Waals surface area contributed by atoms with Crippen LogP contribution in [0.25, 0.3) is 16.6 Å². The van der Waals surface area contributed by atoms with E-state index in [1.54, 1.807) is 16.7 Å².